The van der Waals surface area contributed by atoms with Crippen LogP contribution in [-0.2, 0) is 17.0 Å². The van der Waals surface area contributed by atoms with Gasteiger partial charge in [0.2, 0.25) is 0 Å². The molecule has 3 aromatic rings. The number of nitrogens with zero attached hydrogens (tertiary/aromatic N) is 4. The Morgan fingerprint density at radius 2 is 2.12 bits per heavy atom. The highest BCUT2D eigenvalue weighted by molar-refractivity contribution is 7.98. The van der Waals surface area contributed by atoms with E-state index in [2.05, 4.69) is 20.8 Å². The highest BCUT2D eigenvalue weighted by Crippen LogP contribution is 2.29. The minimum atomic E-state index is 0.596. The van der Waals surface area contributed by atoms with E-state index in [1.54, 1.807) is 30.2 Å². The molecule has 0 bridgehead atoms. The Balaban J connectivity index is 1.84. The van der Waals surface area contributed by atoms with Gasteiger partial charge in [0, 0.05) is 12.9 Å². The van der Waals surface area contributed by atoms with Gasteiger partial charge in [0.15, 0.2) is 11.0 Å². The molecule has 0 aliphatic rings. The number of methoxy groups -OCH3 is 1. The van der Waals surface area contributed by atoms with Gasteiger partial charge in [-0.15, -0.1) is 21.5 Å². The second-order valence-electron chi connectivity index (χ2n) is 4.99. The fraction of sp³-hybridized carbons (Fsp3) is 0.235. The summed E-state index contributed by atoms with van der Waals surface area (Å²) in [6, 6.07) is 13.9. The van der Waals surface area contributed by atoms with Crippen LogP contribution in [0.25, 0.3) is 10.7 Å². The van der Waals surface area contributed by atoms with Crippen molar-refractivity contribution in [3.63, 3.8) is 0 Å². The SMILES string of the molecule is COCCn1c(SCc2ccccc2C#N)nnc1-c1cccs1. The maximum atomic E-state index is 9.21. The van der Waals surface area contributed by atoms with Crippen molar-refractivity contribution >= 4 is 23.1 Å². The Kier molecular flexibility index (Phi) is 5.64. The Hall–Kier alpha value is -2.14. The molecule has 2 heterocycles. The van der Waals surface area contributed by atoms with Crippen LogP contribution in [0.1, 0.15) is 11.1 Å². The highest BCUT2D eigenvalue weighted by atomic mass is 32.2. The second kappa shape index (κ2) is 8.11. The molecule has 0 atom stereocenters. The number of thiophene rings is 1. The van der Waals surface area contributed by atoms with Crippen molar-refractivity contribution < 1.29 is 4.74 Å². The lowest BCUT2D eigenvalue weighted by molar-refractivity contribution is 0.185. The summed E-state index contributed by atoms with van der Waals surface area (Å²) in [7, 11) is 1.69. The van der Waals surface area contributed by atoms with Crippen molar-refractivity contribution in [1.82, 2.24) is 14.8 Å². The Morgan fingerprint density at radius 1 is 1.25 bits per heavy atom. The van der Waals surface area contributed by atoms with E-state index < -0.39 is 0 Å². The third-order valence-corrected chi connectivity index (χ3v) is 5.35. The van der Waals surface area contributed by atoms with Gasteiger partial charge in [0.05, 0.1) is 29.7 Å². The lowest BCUT2D eigenvalue weighted by Crippen LogP contribution is -2.07. The summed E-state index contributed by atoms with van der Waals surface area (Å²) >= 11 is 3.23. The van der Waals surface area contributed by atoms with Crippen molar-refractivity contribution in [3.8, 4) is 16.8 Å². The molecule has 0 radical (unpaired) electrons. The molecule has 0 spiro atoms. The van der Waals surface area contributed by atoms with E-state index in [9.17, 15) is 5.26 Å². The Bertz CT molecular complexity index is 837. The number of hydrogen-bond donors (Lipinski definition) is 0. The number of ether oxygens (including phenoxy) is 1. The number of aromatic nitrogens is 3. The van der Waals surface area contributed by atoms with Crippen LogP contribution in [-0.4, -0.2) is 28.5 Å². The van der Waals surface area contributed by atoms with E-state index in [1.165, 1.54) is 0 Å². The van der Waals surface area contributed by atoms with Gasteiger partial charge in [-0.05, 0) is 23.1 Å². The third kappa shape index (κ3) is 3.67. The van der Waals surface area contributed by atoms with E-state index in [0.29, 0.717) is 24.5 Å². The van der Waals surface area contributed by atoms with Crippen LogP contribution < -0.4 is 0 Å². The first-order chi connectivity index (χ1) is 11.8. The molecular weight excluding hydrogens is 340 g/mol. The van der Waals surface area contributed by atoms with E-state index in [0.717, 1.165) is 21.4 Å². The molecule has 1 aromatic carbocycles. The molecule has 0 amide bonds. The molecular formula is C17H16N4OS2. The van der Waals surface area contributed by atoms with Gasteiger partial charge in [-0.1, -0.05) is 36.0 Å². The van der Waals surface area contributed by atoms with E-state index in [-0.39, 0.29) is 0 Å². The lowest BCUT2D eigenvalue weighted by Gasteiger charge is -2.09. The van der Waals surface area contributed by atoms with Gasteiger partial charge in [-0.25, -0.2) is 0 Å². The number of nitriles is 1. The van der Waals surface area contributed by atoms with Crippen LogP contribution in [0.15, 0.2) is 46.9 Å². The summed E-state index contributed by atoms with van der Waals surface area (Å²) in [5, 5.41) is 20.8. The summed E-state index contributed by atoms with van der Waals surface area (Å²) in [6.07, 6.45) is 0. The van der Waals surface area contributed by atoms with Crippen LogP contribution in [0.2, 0.25) is 0 Å². The molecule has 0 aliphatic carbocycles. The van der Waals surface area contributed by atoms with Gasteiger partial charge in [0.25, 0.3) is 0 Å². The molecule has 2 aromatic heterocycles. The molecule has 0 saturated carbocycles. The fourth-order valence-electron chi connectivity index (χ4n) is 2.27. The van der Waals surface area contributed by atoms with Crippen molar-refractivity contribution in [2.45, 2.75) is 17.5 Å². The first-order valence-corrected chi connectivity index (χ1v) is 9.27. The zero-order chi connectivity index (χ0) is 16.8. The summed E-state index contributed by atoms with van der Waals surface area (Å²) in [4.78, 5) is 1.09. The maximum Gasteiger partial charge on any atom is 0.191 e. The first-order valence-electron chi connectivity index (χ1n) is 7.40. The van der Waals surface area contributed by atoms with Gasteiger partial charge < -0.3 is 4.74 Å². The predicted octanol–water partition coefficient (Wildman–Crippen LogP) is 3.82. The van der Waals surface area contributed by atoms with Crippen molar-refractivity contribution in [2.75, 3.05) is 13.7 Å². The second-order valence-corrected chi connectivity index (χ2v) is 6.88. The minimum Gasteiger partial charge on any atom is -0.383 e. The Labute approximate surface area is 148 Å². The van der Waals surface area contributed by atoms with E-state index in [1.807, 2.05) is 41.8 Å². The molecule has 0 unspecified atom stereocenters. The van der Waals surface area contributed by atoms with Crippen molar-refractivity contribution in [3.05, 3.63) is 52.9 Å². The van der Waals surface area contributed by atoms with Gasteiger partial charge in [0.1, 0.15) is 0 Å². The lowest BCUT2D eigenvalue weighted by atomic mass is 10.1. The zero-order valence-corrected chi connectivity index (χ0v) is 14.8. The van der Waals surface area contributed by atoms with E-state index >= 15 is 0 Å². The molecule has 0 N–H and O–H groups in total. The highest BCUT2D eigenvalue weighted by Gasteiger charge is 2.15. The van der Waals surface area contributed by atoms with E-state index in [4.69, 9.17) is 4.74 Å². The Morgan fingerprint density at radius 3 is 2.88 bits per heavy atom. The van der Waals surface area contributed by atoms with Crippen LogP contribution in [0.5, 0.6) is 0 Å². The first kappa shape index (κ1) is 16.7. The summed E-state index contributed by atoms with van der Waals surface area (Å²) < 4.78 is 7.29. The number of rotatable bonds is 7. The normalized spacial score (nSPS) is 10.7. The largest absolute Gasteiger partial charge is 0.383 e. The van der Waals surface area contributed by atoms with Crippen LogP contribution in [0, 0.1) is 11.3 Å². The molecule has 5 nitrogen and oxygen atoms in total. The smallest absolute Gasteiger partial charge is 0.191 e. The van der Waals surface area contributed by atoms with Gasteiger partial charge >= 0.3 is 0 Å². The maximum absolute atomic E-state index is 9.21. The van der Waals surface area contributed by atoms with Crippen LogP contribution in [0.4, 0.5) is 0 Å². The quantitative estimate of drug-likeness (QED) is 0.602. The summed E-state index contributed by atoms with van der Waals surface area (Å²) in [5.74, 6) is 1.54. The number of thioether (sulfide) groups is 1. The molecule has 24 heavy (non-hydrogen) atoms. The molecule has 0 aliphatic heterocycles. The van der Waals surface area contributed by atoms with Crippen LogP contribution in [0.3, 0.4) is 0 Å². The van der Waals surface area contributed by atoms with Gasteiger partial charge in [-0.2, -0.15) is 5.26 Å². The standard InChI is InChI=1S/C17H16N4OS2/c1-22-9-8-21-16(15-7-4-10-23-15)19-20-17(21)24-12-14-6-3-2-5-13(14)11-18/h2-7,10H,8-9,12H2,1H3. The number of hydrogen-bond acceptors (Lipinski definition) is 6. The third-order valence-electron chi connectivity index (χ3n) is 3.47. The van der Waals surface area contributed by atoms with Gasteiger partial charge in [-0.3, -0.25) is 4.57 Å². The fourth-order valence-corrected chi connectivity index (χ4v) is 3.95. The molecule has 7 heteroatoms. The molecule has 122 valence electrons. The predicted molar refractivity (Wildman–Crippen MR) is 95.9 cm³/mol. The molecule has 3 rings (SSSR count). The average Bonchev–Trinajstić information content (AvgIpc) is 3.27. The molecule has 0 fully saturated rings. The zero-order valence-electron chi connectivity index (χ0n) is 13.2. The van der Waals surface area contributed by atoms with Crippen LogP contribution >= 0.6 is 23.1 Å². The average molecular weight is 356 g/mol. The monoisotopic (exact) mass is 356 g/mol. The summed E-state index contributed by atoms with van der Waals surface area (Å²) in [5.41, 5.74) is 1.70. The minimum absolute atomic E-state index is 0.596. The van der Waals surface area contributed by atoms with Crippen molar-refractivity contribution in [2.24, 2.45) is 0 Å². The van der Waals surface area contributed by atoms with Crippen molar-refractivity contribution in [1.29, 1.82) is 5.26 Å². The summed E-state index contributed by atoms with van der Waals surface area (Å²) in [6.45, 7) is 1.29. The number of benzene rings is 1. The topological polar surface area (TPSA) is 63.7 Å². The molecule has 0 saturated heterocycles.